The largest absolute Gasteiger partial charge is 0.496 e. The van der Waals surface area contributed by atoms with Crippen LogP contribution >= 0.6 is 0 Å². The van der Waals surface area contributed by atoms with Crippen LogP contribution in [0.2, 0.25) is 0 Å². The Labute approximate surface area is 220 Å². The highest BCUT2D eigenvalue weighted by molar-refractivity contribution is 5.87. The van der Waals surface area contributed by atoms with Gasteiger partial charge in [0.05, 0.1) is 25.8 Å². The molecule has 0 unspecified atom stereocenters. The number of carbonyl (C=O) groups is 1. The predicted octanol–water partition coefficient (Wildman–Crippen LogP) is 4.84. The molecule has 0 aliphatic rings. The molecule has 3 N–H and O–H groups in total. The molecule has 0 radical (unpaired) electrons. The molecule has 37 heavy (non-hydrogen) atoms. The Morgan fingerprint density at radius 2 is 1.86 bits per heavy atom. The van der Waals surface area contributed by atoms with Gasteiger partial charge in [0.1, 0.15) is 17.9 Å². The maximum absolute atomic E-state index is 12.5. The standard InChI is InChI=1S/C28H42N6O3/c1-5-8-9-13-30-27-26-23(31-28(29)32-27)12-16-34(26)18-22-11-10-21(17-24(22)36-4)19-37-20-25(35)33(14-6-2)15-7-3/h10-12,16-17H,5-9,13-15,18-20H2,1-4H3,(H3,29,30,31,32). The molecule has 1 amide bonds. The van der Waals surface area contributed by atoms with Gasteiger partial charge in [-0.25, -0.2) is 4.98 Å². The number of nitrogens with one attached hydrogen (secondary N) is 1. The van der Waals surface area contributed by atoms with Crippen LogP contribution < -0.4 is 15.8 Å². The summed E-state index contributed by atoms with van der Waals surface area (Å²) in [7, 11) is 1.67. The first-order valence-electron chi connectivity index (χ1n) is 13.4. The van der Waals surface area contributed by atoms with E-state index in [1.54, 1.807) is 7.11 Å². The Morgan fingerprint density at radius 1 is 1.08 bits per heavy atom. The van der Waals surface area contributed by atoms with Crippen molar-refractivity contribution in [3.63, 3.8) is 0 Å². The molecule has 3 rings (SSSR count). The third kappa shape index (κ3) is 7.82. The lowest BCUT2D eigenvalue weighted by Gasteiger charge is -2.21. The van der Waals surface area contributed by atoms with Gasteiger partial charge in [0.15, 0.2) is 5.82 Å². The second-order valence-electron chi connectivity index (χ2n) is 9.26. The molecule has 0 bridgehead atoms. The zero-order chi connectivity index (χ0) is 26.6. The fourth-order valence-corrected chi connectivity index (χ4v) is 4.40. The van der Waals surface area contributed by atoms with Gasteiger partial charge in [-0.15, -0.1) is 0 Å². The SMILES string of the molecule is CCCCCNc1nc(N)nc2ccn(Cc3ccc(COCC(=O)N(CCC)CCC)cc3OC)c12. The van der Waals surface area contributed by atoms with E-state index >= 15 is 0 Å². The van der Waals surface area contributed by atoms with E-state index in [2.05, 4.69) is 40.6 Å². The van der Waals surface area contributed by atoms with Crippen molar-refractivity contribution in [2.24, 2.45) is 0 Å². The number of ether oxygens (including phenoxy) is 2. The molecule has 0 atom stereocenters. The van der Waals surface area contributed by atoms with Crippen LogP contribution in [0.5, 0.6) is 5.75 Å². The number of unbranched alkanes of at least 4 members (excludes halogenated alkanes) is 2. The van der Waals surface area contributed by atoms with Crippen LogP contribution in [0.1, 0.15) is 64.0 Å². The number of carbonyl (C=O) groups excluding carboxylic acids is 1. The molecule has 1 aromatic carbocycles. The summed E-state index contributed by atoms with van der Waals surface area (Å²) < 4.78 is 13.6. The summed E-state index contributed by atoms with van der Waals surface area (Å²) in [6.07, 6.45) is 7.27. The first-order chi connectivity index (χ1) is 18.0. The zero-order valence-corrected chi connectivity index (χ0v) is 22.8. The van der Waals surface area contributed by atoms with E-state index in [9.17, 15) is 4.79 Å². The van der Waals surface area contributed by atoms with Gasteiger partial charge in [-0.2, -0.15) is 4.98 Å². The third-order valence-corrected chi connectivity index (χ3v) is 6.23. The first-order valence-corrected chi connectivity index (χ1v) is 13.4. The van der Waals surface area contributed by atoms with E-state index in [1.807, 2.05) is 35.4 Å². The molecule has 0 aliphatic heterocycles. The number of aromatic nitrogens is 3. The van der Waals surface area contributed by atoms with Crippen LogP contribution in [0.4, 0.5) is 11.8 Å². The maximum atomic E-state index is 12.5. The number of benzene rings is 1. The normalized spacial score (nSPS) is 11.1. The number of rotatable bonds is 16. The van der Waals surface area contributed by atoms with Crippen LogP contribution in [-0.4, -0.2) is 58.7 Å². The quantitative estimate of drug-likeness (QED) is 0.266. The molecule has 0 saturated heterocycles. The molecule has 3 aromatic rings. The smallest absolute Gasteiger partial charge is 0.248 e. The van der Waals surface area contributed by atoms with Crippen LogP contribution in [0.25, 0.3) is 11.0 Å². The minimum absolute atomic E-state index is 0.0359. The van der Waals surface area contributed by atoms with Gasteiger partial charge in [0.25, 0.3) is 0 Å². The second kappa shape index (κ2) is 14.4. The lowest BCUT2D eigenvalue weighted by atomic mass is 10.1. The third-order valence-electron chi connectivity index (χ3n) is 6.23. The van der Waals surface area contributed by atoms with Gasteiger partial charge in [-0.3, -0.25) is 4.79 Å². The lowest BCUT2D eigenvalue weighted by Crippen LogP contribution is -2.35. The number of methoxy groups -OCH3 is 1. The van der Waals surface area contributed by atoms with Gasteiger partial charge >= 0.3 is 0 Å². The van der Waals surface area contributed by atoms with Gasteiger partial charge in [-0.1, -0.05) is 45.7 Å². The van der Waals surface area contributed by atoms with E-state index in [4.69, 9.17) is 15.2 Å². The molecule has 9 heteroatoms. The van der Waals surface area contributed by atoms with E-state index in [0.29, 0.717) is 13.2 Å². The number of nitrogens with two attached hydrogens (primary N) is 1. The van der Waals surface area contributed by atoms with Crippen molar-refractivity contribution in [2.75, 3.05) is 44.4 Å². The highest BCUT2D eigenvalue weighted by Gasteiger charge is 2.15. The molecule has 0 spiro atoms. The maximum Gasteiger partial charge on any atom is 0.248 e. The Balaban J connectivity index is 1.70. The van der Waals surface area contributed by atoms with E-state index < -0.39 is 0 Å². The average Bonchev–Trinajstić information content (AvgIpc) is 3.29. The summed E-state index contributed by atoms with van der Waals surface area (Å²) in [4.78, 5) is 23.2. The predicted molar refractivity (Wildman–Crippen MR) is 149 cm³/mol. The number of hydrogen-bond donors (Lipinski definition) is 2. The first kappa shape index (κ1) is 28.2. The van der Waals surface area contributed by atoms with Crippen molar-refractivity contribution in [3.05, 3.63) is 41.6 Å². The van der Waals surface area contributed by atoms with Crippen molar-refractivity contribution < 1.29 is 14.3 Å². The Bertz CT molecular complexity index is 1140. The Hall–Kier alpha value is -3.33. The summed E-state index contributed by atoms with van der Waals surface area (Å²) in [6, 6.07) is 7.98. The monoisotopic (exact) mass is 510 g/mol. The van der Waals surface area contributed by atoms with Gasteiger partial charge < -0.3 is 30.0 Å². The number of anilines is 2. The van der Waals surface area contributed by atoms with Crippen molar-refractivity contribution in [2.45, 2.75) is 66.0 Å². The van der Waals surface area contributed by atoms with E-state index in [1.165, 1.54) is 0 Å². The number of amides is 1. The molecule has 9 nitrogen and oxygen atoms in total. The fourth-order valence-electron chi connectivity index (χ4n) is 4.40. The number of nitrogen functional groups attached to an aromatic ring is 1. The van der Waals surface area contributed by atoms with Crippen LogP contribution in [-0.2, 0) is 22.7 Å². The second-order valence-corrected chi connectivity index (χ2v) is 9.26. The van der Waals surface area contributed by atoms with Crippen molar-refractivity contribution in [3.8, 4) is 5.75 Å². The highest BCUT2D eigenvalue weighted by atomic mass is 16.5. The van der Waals surface area contributed by atoms with Gasteiger partial charge in [-0.05, 0) is 37.0 Å². The molecule has 0 fully saturated rings. The molecule has 2 heterocycles. The topological polar surface area (TPSA) is 108 Å². The summed E-state index contributed by atoms with van der Waals surface area (Å²) in [5.41, 5.74) is 9.66. The number of nitrogens with zero attached hydrogens (tertiary/aromatic N) is 4. The highest BCUT2D eigenvalue weighted by Crippen LogP contribution is 2.27. The number of hydrogen-bond acceptors (Lipinski definition) is 7. The number of fused-ring (bicyclic) bond motifs is 1. The van der Waals surface area contributed by atoms with Gasteiger partial charge in [0, 0.05) is 31.4 Å². The average molecular weight is 511 g/mol. The van der Waals surface area contributed by atoms with Crippen LogP contribution in [0.3, 0.4) is 0 Å². The van der Waals surface area contributed by atoms with Crippen LogP contribution in [0, 0.1) is 0 Å². The van der Waals surface area contributed by atoms with Crippen molar-refractivity contribution in [1.82, 2.24) is 19.4 Å². The molecule has 2 aromatic heterocycles. The minimum Gasteiger partial charge on any atom is -0.496 e. The summed E-state index contributed by atoms with van der Waals surface area (Å²) in [5, 5.41) is 3.44. The van der Waals surface area contributed by atoms with Crippen LogP contribution in [0.15, 0.2) is 30.5 Å². The Morgan fingerprint density at radius 3 is 2.57 bits per heavy atom. The van der Waals surface area contributed by atoms with Crippen molar-refractivity contribution in [1.29, 1.82) is 0 Å². The molecular weight excluding hydrogens is 468 g/mol. The Kier molecular flexibility index (Phi) is 11.0. The molecule has 202 valence electrons. The molecular formula is C28H42N6O3. The molecule has 0 saturated carbocycles. The lowest BCUT2D eigenvalue weighted by molar-refractivity contribution is -0.136. The summed E-state index contributed by atoms with van der Waals surface area (Å²) in [5.74, 6) is 1.81. The van der Waals surface area contributed by atoms with Crippen molar-refractivity contribution >= 4 is 28.7 Å². The summed E-state index contributed by atoms with van der Waals surface area (Å²) in [6.45, 7) is 9.72. The van der Waals surface area contributed by atoms with E-state index in [0.717, 1.165) is 85.5 Å². The van der Waals surface area contributed by atoms with E-state index in [-0.39, 0.29) is 18.5 Å². The van der Waals surface area contributed by atoms with Gasteiger partial charge in [0.2, 0.25) is 11.9 Å². The zero-order valence-electron chi connectivity index (χ0n) is 22.8. The minimum atomic E-state index is 0.0359. The summed E-state index contributed by atoms with van der Waals surface area (Å²) >= 11 is 0. The molecule has 0 aliphatic carbocycles. The fraction of sp³-hybridized carbons (Fsp3) is 0.536.